The number of benzene rings is 1. The lowest BCUT2D eigenvalue weighted by atomic mass is 10.2. The molecule has 1 aromatic rings. The van der Waals surface area contributed by atoms with Crippen LogP contribution in [-0.4, -0.2) is 36.8 Å². The largest absolute Gasteiger partial charge is 0.389 e. The van der Waals surface area contributed by atoms with Crippen molar-refractivity contribution in [2.24, 2.45) is 5.73 Å². The molecule has 0 aliphatic heterocycles. The van der Waals surface area contributed by atoms with Crippen LogP contribution in [0.3, 0.4) is 0 Å². The zero-order valence-electron chi connectivity index (χ0n) is 12.1. The third kappa shape index (κ3) is 8.39. The molecular weight excluding hydrogens is 275 g/mol. The van der Waals surface area contributed by atoms with Crippen molar-refractivity contribution in [3.63, 3.8) is 0 Å². The summed E-state index contributed by atoms with van der Waals surface area (Å²) in [7, 11) is 0. The van der Waals surface area contributed by atoms with Crippen molar-refractivity contribution >= 4 is 5.91 Å². The van der Waals surface area contributed by atoms with Crippen molar-refractivity contribution in [1.82, 2.24) is 5.32 Å². The van der Waals surface area contributed by atoms with E-state index in [0.29, 0.717) is 25.1 Å². The van der Waals surface area contributed by atoms with Gasteiger partial charge in [-0.2, -0.15) is 0 Å². The summed E-state index contributed by atoms with van der Waals surface area (Å²) in [5.74, 6) is -0.601. The maximum atomic E-state index is 13.3. The molecule has 0 saturated carbocycles. The van der Waals surface area contributed by atoms with Crippen LogP contribution in [0.1, 0.15) is 24.8 Å². The lowest BCUT2D eigenvalue weighted by Gasteiger charge is -2.12. The van der Waals surface area contributed by atoms with E-state index >= 15 is 0 Å². The quantitative estimate of drug-likeness (QED) is 0.531. The summed E-state index contributed by atoms with van der Waals surface area (Å²) in [5, 5.41) is 12.7. The molecule has 0 aliphatic carbocycles. The number of halogens is 1. The first-order valence-corrected chi connectivity index (χ1v) is 7.08. The molecule has 1 rings (SSSR count). The molecule has 1 unspecified atom stereocenters. The highest BCUT2D eigenvalue weighted by Gasteiger charge is 2.05. The van der Waals surface area contributed by atoms with Gasteiger partial charge in [-0.25, -0.2) is 4.39 Å². The monoisotopic (exact) mass is 298 g/mol. The second-order valence-electron chi connectivity index (χ2n) is 4.89. The number of ether oxygens (including phenoxy) is 1. The van der Waals surface area contributed by atoms with E-state index in [-0.39, 0.29) is 24.9 Å². The molecule has 1 atom stereocenters. The minimum Gasteiger partial charge on any atom is -0.389 e. The standard InChI is InChI=1S/C15H23FN2O3/c16-14-6-2-1-5-12(14)10-21-11-13(19)9-18-8-4-3-7-15(17)20/h1-2,5-6,13,18-19H,3-4,7-11H2,(H2,17,20). The number of nitrogens with two attached hydrogens (primary N) is 1. The molecule has 6 heteroatoms. The molecule has 0 heterocycles. The van der Waals surface area contributed by atoms with Crippen LogP contribution < -0.4 is 11.1 Å². The zero-order valence-corrected chi connectivity index (χ0v) is 12.1. The predicted octanol–water partition coefficient (Wildman–Crippen LogP) is 0.948. The van der Waals surface area contributed by atoms with E-state index < -0.39 is 6.10 Å². The molecule has 0 aliphatic rings. The fraction of sp³-hybridized carbons (Fsp3) is 0.533. The van der Waals surface area contributed by atoms with Gasteiger partial charge in [-0.3, -0.25) is 4.79 Å². The van der Waals surface area contributed by atoms with Crippen LogP contribution in [0.2, 0.25) is 0 Å². The Labute approximate surface area is 124 Å². The van der Waals surface area contributed by atoms with Gasteiger partial charge < -0.3 is 20.9 Å². The van der Waals surface area contributed by atoms with E-state index in [1.807, 2.05) is 0 Å². The van der Waals surface area contributed by atoms with Gasteiger partial charge >= 0.3 is 0 Å². The summed E-state index contributed by atoms with van der Waals surface area (Å²) in [5.41, 5.74) is 5.50. The number of primary amides is 1. The summed E-state index contributed by atoms with van der Waals surface area (Å²) in [6, 6.07) is 6.39. The van der Waals surface area contributed by atoms with Crippen LogP contribution in [0.15, 0.2) is 24.3 Å². The second-order valence-corrected chi connectivity index (χ2v) is 4.89. The van der Waals surface area contributed by atoms with Crippen molar-refractivity contribution in [2.45, 2.75) is 32.0 Å². The molecule has 0 fully saturated rings. The van der Waals surface area contributed by atoms with Crippen molar-refractivity contribution in [1.29, 1.82) is 0 Å². The average Bonchev–Trinajstić information content (AvgIpc) is 2.44. The lowest BCUT2D eigenvalue weighted by Crippen LogP contribution is -2.31. The number of carbonyl (C=O) groups excluding carboxylic acids is 1. The average molecular weight is 298 g/mol. The highest BCUT2D eigenvalue weighted by molar-refractivity contribution is 5.73. The molecule has 4 N–H and O–H groups in total. The smallest absolute Gasteiger partial charge is 0.217 e. The molecule has 0 saturated heterocycles. The molecule has 1 aromatic carbocycles. The zero-order chi connectivity index (χ0) is 15.5. The van der Waals surface area contributed by atoms with E-state index in [1.54, 1.807) is 18.2 Å². The highest BCUT2D eigenvalue weighted by Crippen LogP contribution is 2.07. The highest BCUT2D eigenvalue weighted by atomic mass is 19.1. The molecule has 1 amide bonds. The van der Waals surface area contributed by atoms with Crippen molar-refractivity contribution in [3.05, 3.63) is 35.6 Å². The Morgan fingerprint density at radius 2 is 2.14 bits per heavy atom. The van der Waals surface area contributed by atoms with E-state index in [1.165, 1.54) is 6.07 Å². The Morgan fingerprint density at radius 3 is 2.86 bits per heavy atom. The first kappa shape index (κ1) is 17.6. The molecule has 0 spiro atoms. The SMILES string of the molecule is NC(=O)CCCCNCC(O)COCc1ccccc1F. The van der Waals surface area contributed by atoms with Gasteiger partial charge in [0.15, 0.2) is 0 Å². The Bertz CT molecular complexity index is 429. The first-order valence-electron chi connectivity index (χ1n) is 7.08. The maximum absolute atomic E-state index is 13.3. The van der Waals surface area contributed by atoms with Gasteiger partial charge in [0, 0.05) is 18.5 Å². The second kappa shape index (κ2) is 10.3. The number of amides is 1. The topological polar surface area (TPSA) is 84.6 Å². The lowest BCUT2D eigenvalue weighted by molar-refractivity contribution is -0.118. The van der Waals surface area contributed by atoms with Crippen LogP contribution in [0.25, 0.3) is 0 Å². The summed E-state index contributed by atoms with van der Waals surface area (Å²) >= 11 is 0. The summed E-state index contributed by atoms with van der Waals surface area (Å²) < 4.78 is 18.6. The normalized spacial score (nSPS) is 12.3. The maximum Gasteiger partial charge on any atom is 0.217 e. The molecular formula is C15H23FN2O3. The minimum atomic E-state index is -0.645. The Balaban J connectivity index is 2.02. The molecule has 0 aromatic heterocycles. The van der Waals surface area contributed by atoms with Gasteiger partial charge in [-0.05, 0) is 25.5 Å². The number of aliphatic hydroxyl groups excluding tert-OH is 1. The Morgan fingerprint density at radius 1 is 1.38 bits per heavy atom. The molecule has 0 radical (unpaired) electrons. The number of carbonyl (C=O) groups is 1. The number of aliphatic hydroxyl groups is 1. The van der Waals surface area contributed by atoms with Crippen LogP contribution >= 0.6 is 0 Å². The first-order chi connectivity index (χ1) is 10.1. The van der Waals surface area contributed by atoms with Crippen LogP contribution in [0, 0.1) is 5.82 Å². The van der Waals surface area contributed by atoms with Crippen molar-refractivity contribution in [3.8, 4) is 0 Å². The van der Waals surface area contributed by atoms with Gasteiger partial charge in [0.1, 0.15) is 5.82 Å². The Hall–Kier alpha value is -1.50. The number of hydrogen-bond donors (Lipinski definition) is 3. The van der Waals surface area contributed by atoms with Crippen LogP contribution in [0.5, 0.6) is 0 Å². The van der Waals surface area contributed by atoms with Crippen LogP contribution in [0.4, 0.5) is 4.39 Å². The van der Waals surface area contributed by atoms with E-state index in [4.69, 9.17) is 10.5 Å². The van der Waals surface area contributed by atoms with Crippen molar-refractivity contribution < 1.29 is 19.0 Å². The van der Waals surface area contributed by atoms with E-state index in [0.717, 1.165) is 12.8 Å². The van der Waals surface area contributed by atoms with Gasteiger partial charge in [-0.15, -0.1) is 0 Å². The number of unbranched alkanes of at least 4 members (excludes halogenated alkanes) is 1. The minimum absolute atomic E-state index is 0.141. The predicted molar refractivity (Wildman–Crippen MR) is 78.0 cm³/mol. The third-order valence-electron chi connectivity index (χ3n) is 2.93. The van der Waals surface area contributed by atoms with Crippen LogP contribution in [-0.2, 0) is 16.1 Å². The number of rotatable bonds is 11. The van der Waals surface area contributed by atoms with Gasteiger partial charge in [0.05, 0.1) is 19.3 Å². The van der Waals surface area contributed by atoms with E-state index in [2.05, 4.69) is 5.32 Å². The number of hydrogen-bond acceptors (Lipinski definition) is 4. The summed E-state index contributed by atoms with van der Waals surface area (Å²) in [4.78, 5) is 10.5. The summed E-state index contributed by atoms with van der Waals surface area (Å²) in [6.45, 7) is 1.39. The molecule has 5 nitrogen and oxygen atoms in total. The molecule has 21 heavy (non-hydrogen) atoms. The van der Waals surface area contributed by atoms with E-state index in [9.17, 15) is 14.3 Å². The van der Waals surface area contributed by atoms with Gasteiger partial charge in [0.2, 0.25) is 5.91 Å². The van der Waals surface area contributed by atoms with Gasteiger partial charge in [-0.1, -0.05) is 18.2 Å². The third-order valence-corrected chi connectivity index (χ3v) is 2.93. The molecule has 0 bridgehead atoms. The van der Waals surface area contributed by atoms with Gasteiger partial charge in [0.25, 0.3) is 0 Å². The Kier molecular flexibility index (Phi) is 8.57. The van der Waals surface area contributed by atoms with Crippen molar-refractivity contribution in [2.75, 3.05) is 19.7 Å². The number of nitrogens with one attached hydrogen (secondary N) is 1. The summed E-state index contributed by atoms with van der Waals surface area (Å²) in [6.07, 6.45) is 1.30. The fourth-order valence-electron chi connectivity index (χ4n) is 1.80. The fourth-order valence-corrected chi connectivity index (χ4v) is 1.80. The molecule has 118 valence electrons.